The molecule has 6 heteroatoms. The Morgan fingerprint density at radius 3 is 2.31 bits per heavy atom. The van der Waals surface area contributed by atoms with Gasteiger partial charge in [-0.15, -0.1) is 0 Å². The monoisotopic (exact) mass is 367 g/mol. The molecule has 0 aliphatic carbocycles. The molecule has 0 unspecified atom stereocenters. The van der Waals surface area contributed by atoms with Gasteiger partial charge in [-0.05, 0) is 63.1 Å². The molecule has 0 saturated carbocycles. The van der Waals surface area contributed by atoms with Gasteiger partial charge in [-0.25, -0.2) is 4.98 Å². The van der Waals surface area contributed by atoms with E-state index in [0.29, 0.717) is 11.8 Å². The molecule has 0 radical (unpaired) electrons. The number of nitrogens with one attached hydrogen (secondary N) is 2. The van der Waals surface area contributed by atoms with Crippen LogP contribution in [0.2, 0.25) is 5.02 Å². The van der Waals surface area contributed by atoms with E-state index in [-0.39, 0.29) is 6.04 Å². The summed E-state index contributed by atoms with van der Waals surface area (Å²) in [6, 6.07) is 11.8. The second-order valence-electron chi connectivity index (χ2n) is 6.52. The van der Waals surface area contributed by atoms with Crippen LogP contribution in [-0.2, 0) is 0 Å². The summed E-state index contributed by atoms with van der Waals surface area (Å²) in [5.74, 6) is 1.27. The summed E-state index contributed by atoms with van der Waals surface area (Å²) in [7, 11) is 0. The Kier molecular flexibility index (Phi) is 5.38. The van der Waals surface area contributed by atoms with Crippen LogP contribution in [-0.4, -0.2) is 21.0 Å². The predicted molar refractivity (Wildman–Crippen MR) is 108 cm³/mol. The van der Waals surface area contributed by atoms with Gasteiger partial charge < -0.3 is 10.6 Å². The topological polar surface area (TPSA) is 62.7 Å². The first-order valence-corrected chi connectivity index (χ1v) is 8.91. The molecule has 0 aliphatic rings. The highest BCUT2D eigenvalue weighted by atomic mass is 35.5. The number of aromatic nitrogens is 3. The van der Waals surface area contributed by atoms with Crippen LogP contribution < -0.4 is 10.6 Å². The summed E-state index contributed by atoms with van der Waals surface area (Å²) >= 11 is 6.14. The highest BCUT2D eigenvalue weighted by Crippen LogP contribution is 2.29. The smallest absolute Gasteiger partial charge is 0.225 e. The lowest BCUT2D eigenvalue weighted by Crippen LogP contribution is -2.13. The van der Waals surface area contributed by atoms with Crippen molar-refractivity contribution in [2.75, 3.05) is 10.6 Å². The summed E-state index contributed by atoms with van der Waals surface area (Å²) in [4.78, 5) is 13.6. The first-order valence-electron chi connectivity index (χ1n) is 8.53. The van der Waals surface area contributed by atoms with Gasteiger partial charge in [-0.3, -0.25) is 4.98 Å². The van der Waals surface area contributed by atoms with E-state index < -0.39 is 0 Å². The van der Waals surface area contributed by atoms with Crippen molar-refractivity contribution in [1.29, 1.82) is 0 Å². The van der Waals surface area contributed by atoms with Crippen molar-refractivity contribution in [2.45, 2.75) is 33.7 Å². The molecule has 3 rings (SSSR count). The molecular weight excluding hydrogens is 346 g/mol. The highest BCUT2D eigenvalue weighted by molar-refractivity contribution is 6.30. The molecule has 2 aromatic heterocycles. The van der Waals surface area contributed by atoms with Crippen LogP contribution in [0.3, 0.4) is 0 Å². The minimum atomic E-state index is 0.223. The molecule has 134 valence electrons. The van der Waals surface area contributed by atoms with E-state index in [1.807, 2.05) is 50.2 Å². The van der Waals surface area contributed by atoms with Crippen molar-refractivity contribution in [1.82, 2.24) is 15.0 Å². The lowest BCUT2D eigenvalue weighted by molar-refractivity contribution is 0.875. The maximum Gasteiger partial charge on any atom is 0.225 e. The minimum absolute atomic E-state index is 0.223. The third-order valence-corrected chi connectivity index (χ3v) is 4.04. The van der Waals surface area contributed by atoms with Gasteiger partial charge in [0, 0.05) is 29.0 Å². The molecule has 0 fully saturated rings. The third-order valence-electron chi connectivity index (χ3n) is 3.82. The number of hydrogen-bond donors (Lipinski definition) is 2. The predicted octanol–water partition coefficient (Wildman–Crippen LogP) is 5.37. The average Bonchev–Trinajstić information content (AvgIpc) is 2.58. The molecular formula is C20H22ClN5. The van der Waals surface area contributed by atoms with Crippen LogP contribution in [0.5, 0.6) is 0 Å². The van der Waals surface area contributed by atoms with E-state index in [1.54, 1.807) is 6.20 Å². The largest absolute Gasteiger partial charge is 0.352 e. The molecule has 0 saturated heterocycles. The van der Waals surface area contributed by atoms with E-state index in [2.05, 4.69) is 39.4 Å². The van der Waals surface area contributed by atoms with Crippen molar-refractivity contribution in [3.05, 3.63) is 58.7 Å². The van der Waals surface area contributed by atoms with E-state index in [9.17, 15) is 0 Å². The number of pyridine rings is 1. The van der Waals surface area contributed by atoms with Gasteiger partial charge in [0.2, 0.25) is 5.95 Å². The maximum atomic E-state index is 6.14. The first-order chi connectivity index (χ1) is 12.4. The maximum absolute atomic E-state index is 6.14. The molecule has 0 aliphatic heterocycles. The van der Waals surface area contributed by atoms with Gasteiger partial charge >= 0.3 is 0 Å². The Labute approximate surface area is 158 Å². The van der Waals surface area contributed by atoms with Gasteiger partial charge in [0.25, 0.3) is 0 Å². The number of halogens is 1. The van der Waals surface area contributed by atoms with Crippen molar-refractivity contribution < 1.29 is 0 Å². The van der Waals surface area contributed by atoms with E-state index in [0.717, 1.165) is 33.2 Å². The minimum Gasteiger partial charge on any atom is -0.352 e. The van der Waals surface area contributed by atoms with Gasteiger partial charge in [0.1, 0.15) is 5.82 Å². The van der Waals surface area contributed by atoms with Crippen LogP contribution in [0.15, 0.2) is 42.6 Å². The molecule has 2 heterocycles. The van der Waals surface area contributed by atoms with Crippen LogP contribution in [0, 0.1) is 13.8 Å². The summed E-state index contributed by atoms with van der Waals surface area (Å²) < 4.78 is 0. The molecule has 2 N–H and O–H groups in total. The SMILES string of the molecule is Cc1cc(Cl)cc(C)c1Nc1cc(-c2ccccn2)nc(NC(C)C)n1. The zero-order valence-electron chi connectivity index (χ0n) is 15.3. The van der Waals surface area contributed by atoms with E-state index in [4.69, 9.17) is 11.6 Å². The highest BCUT2D eigenvalue weighted by Gasteiger charge is 2.11. The fraction of sp³-hybridized carbons (Fsp3) is 0.250. The summed E-state index contributed by atoms with van der Waals surface area (Å²) in [6.07, 6.45) is 1.76. The molecule has 0 spiro atoms. The fourth-order valence-electron chi connectivity index (χ4n) is 2.72. The lowest BCUT2D eigenvalue weighted by atomic mass is 10.1. The molecule has 5 nitrogen and oxygen atoms in total. The van der Waals surface area contributed by atoms with Crippen molar-refractivity contribution in [2.24, 2.45) is 0 Å². The normalized spacial score (nSPS) is 10.8. The van der Waals surface area contributed by atoms with Crippen LogP contribution in [0.25, 0.3) is 11.4 Å². The number of rotatable bonds is 5. The summed E-state index contributed by atoms with van der Waals surface area (Å²) in [6.45, 7) is 8.15. The zero-order chi connectivity index (χ0) is 18.7. The van der Waals surface area contributed by atoms with Gasteiger partial charge in [0.05, 0.1) is 11.4 Å². The molecule has 3 aromatic rings. The van der Waals surface area contributed by atoms with Crippen LogP contribution in [0.1, 0.15) is 25.0 Å². The molecule has 0 bridgehead atoms. The standard InChI is InChI=1S/C20H22ClN5/c1-12(2)23-20-24-17(16-7-5-6-8-22-16)11-18(26-20)25-19-13(3)9-15(21)10-14(19)4/h5-12H,1-4H3,(H2,23,24,25,26). The third kappa shape index (κ3) is 4.29. The second-order valence-corrected chi connectivity index (χ2v) is 6.95. The molecule has 0 amide bonds. The number of benzene rings is 1. The number of hydrogen-bond acceptors (Lipinski definition) is 5. The Bertz CT molecular complexity index is 886. The summed E-state index contributed by atoms with van der Waals surface area (Å²) in [5, 5.41) is 7.41. The number of aryl methyl sites for hydroxylation is 2. The molecule has 0 atom stereocenters. The number of nitrogens with zero attached hydrogens (tertiary/aromatic N) is 3. The van der Waals surface area contributed by atoms with E-state index >= 15 is 0 Å². The van der Waals surface area contributed by atoms with Crippen molar-refractivity contribution in [3.63, 3.8) is 0 Å². The lowest BCUT2D eigenvalue weighted by Gasteiger charge is -2.15. The number of anilines is 3. The van der Waals surface area contributed by atoms with Gasteiger partial charge in [0.15, 0.2) is 0 Å². The Morgan fingerprint density at radius 2 is 1.69 bits per heavy atom. The van der Waals surface area contributed by atoms with Crippen molar-refractivity contribution in [3.8, 4) is 11.4 Å². The Morgan fingerprint density at radius 1 is 0.962 bits per heavy atom. The van der Waals surface area contributed by atoms with Gasteiger partial charge in [-0.1, -0.05) is 17.7 Å². The molecule has 1 aromatic carbocycles. The first kappa shape index (κ1) is 18.1. The van der Waals surface area contributed by atoms with Crippen LogP contribution >= 0.6 is 11.6 Å². The second kappa shape index (κ2) is 7.70. The molecule has 26 heavy (non-hydrogen) atoms. The fourth-order valence-corrected chi connectivity index (χ4v) is 3.04. The Balaban J connectivity index is 2.03. The van der Waals surface area contributed by atoms with E-state index in [1.165, 1.54) is 0 Å². The summed E-state index contributed by atoms with van der Waals surface area (Å²) in [5.41, 5.74) is 4.68. The van der Waals surface area contributed by atoms with Crippen LogP contribution in [0.4, 0.5) is 17.5 Å². The Hall–Kier alpha value is -2.66. The quantitative estimate of drug-likeness (QED) is 0.634. The van der Waals surface area contributed by atoms with Crippen molar-refractivity contribution >= 4 is 29.1 Å². The zero-order valence-corrected chi connectivity index (χ0v) is 16.1. The van der Waals surface area contributed by atoms with Gasteiger partial charge in [-0.2, -0.15) is 4.98 Å². The average molecular weight is 368 g/mol.